The van der Waals surface area contributed by atoms with Crippen molar-refractivity contribution in [3.63, 3.8) is 0 Å². The Morgan fingerprint density at radius 2 is 2.17 bits per heavy atom. The van der Waals surface area contributed by atoms with Gasteiger partial charge in [0.25, 0.3) is 5.91 Å². The van der Waals surface area contributed by atoms with Crippen LogP contribution < -0.4 is 5.73 Å². The second-order valence-corrected chi connectivity index (χ2v) is 4.98. The number of anilines is 1. The molecule has 1 fully saturated rings. The molecule has 4 N–H and O–H groups in total. The molecule has 0 aliphatic carbocycles. The van der Waals surface area contributed by atoms with E-state index in [1.807, 2.05) is 0 Å². The summed E-state index contributed by atoms with van der Waals surface area (Å²) in [6.45, 7) is 4.93. The monoisotopic (exact) mass is 252 g/mol. The first kappa shape index (κ1) is 12.9. The third-order valence-electron chi connectivity index (χ3n) is 3.70. The molecule has 1 saturated heterocycles. The number of H-pyrrole nitrogens is 1. The number of carbonyl (C=O) groups excluding carboxylic acids is 1. The summed E-state index contributed by atoms with van der Waals surface area (Å²) in [5.74, 6) is 0.481. The second kappa shape index (κ2) is 4.97. The van der Waals surface area contributed by atoms with Crippen molar-refractivity contribution in [2.24, 2.45) is 5.92 Å². The maximum absolute atomic E-state index is 12.3. The molecule has 0 aromatic carbocycles. The van der Waals surface area contributed by atoms with Gasteiger partial charge in [0.2, 0.25) is 0 Å². The highest BCUT2D eigenvalue weighted by molar-refractivity contribution is 5.99. The first-order valence-corrected chi connectivity index (χ1v) is 6.28. The van der Waals surface area contributed by atoms with Crippen molar-refractivity contribution < 1.29 is 9.90 Å². The molecule has 0 radical (unpaired) electrons. The fraction of sp³-hybridized carbons (Fsp3) is 0.667. The summed E-state index contributed by atoms with van der Waals surface area (Å²) in [7, 11) is 0. The van der Waals surface area contributed by atoms with Crippen molar-refractivity contribution in [3.8, 4) is 0 Å². The highest BCUT2D eigenvalue weighted by Crippen LogP contribution is 2.23. The van der Waals surface area contributed by atoms with Crippen LogP contribution in [0, 0.1) is 12.8 Å². The van der Waals surface area contributed by atoms with Crippen molar-refractivity contribution in [3.05, 3.63) is 11.3 Å². The minimum atomic E-state index is -0.303. The van der Waals surface area contributed by atoms with Crippen LogP contribution in [-0.2, 0) is 0 Å². The summed E-state index contributed by atoms with van der Waals surface area (Å²) in [5, 5.41) is 16.1. The van der Waals surface area contributed by atoms with Gasteiger partial charge in [0.1, 0.15) is 5.56 Å². The van der Waals surface area contributed by atoms with Gasteiger partial charge in [-0.1, -0.05) is 0 Å². The van der Waals surface area contributed by atoms with Crippen LogP contribution in [0.25, 0.3) is 0 Å². The smallest absolute Gasteiger partial charge is 0.259 e. The molecular formula is C12H20N4O2. The maximum Gasteiger partial charge on any atom is 0.259 e. The number of nitrogen functional groups attached to an aromatic ring is 1. The molecule has 1 aromatic heterocycles. The van der Waals surface area contributed by atoms with Gasteiger partial charge in [0.05, 0.1) is 6.10 Å². The molecule has 0 bridgehead atoms. The van der Waals surface area contributed by atoms with Crippen molar-refractivity contribution in [1.82, 2.24) is 15.1 Å². The number of piperidine rings is 1. The lowest BCUT2D eigenvalue weighted by Gasteiger charge is -2.33. The quantitative estimate of drug-likeness (QED) is 0.715. The average molecular weight is 252 g/mol. The predicted molar refractivity (Wildman–Crippen MR) is 68.0 cm³/mol. The molecule has 1 amide bonds. The number of aryl methyl sites for hydroxylation is 1. The lowest BCUT2D eigenvalue weighted by Crippen LogP contribution is -2.41. The lowest BCUT2D eigenvalue weighted by atomic mass is 9.92. The first-order chi connectivity index (χ1) is 8.50. The number of amides is 1. The average Bonchev–Trinajstić information content (AvgIpc) is 2.68. The fourth-order valence-corrected chi connectivity index (χ4v) is 2.46. The normalized spacial score (nSPS) is 18.9. The molecule has 100 valence electrons. The Labute approximate surface area is 106 Å². The molecule has 1 aliphatic rings. The standard InChI is InChI=1S/C12H20N4O2/c1-7-10(11(13)15-14-7)12(18)16-5-3-9(4-6-16)8(2)17/h8-9,17H,3-6H2,1-2H3,(H3,13,14,15). The van der Waals surface area contributed by atoms with Crippen LogP contribution in [0.5, 0.6) is 0 Å². The maximum atomic E-state index is 12.3. The first-order valence-electron chi connectivity index (χ1n) is 6.28. The Morgan fingerprint density at radius 3 is 2.61 bits per heavy atom. The highest BCUT2D eigenvalue weighted by Gasteiger charge is 2.28. The Hall–Kier alpha value is -1.56. The summed E-state index contributed by atoms with van der Waals surface area (Å²) in [4.78, 5) is 14.1. The summed E-state index contributed by atoms with van der Waals surface area (Å²) in [5.41, 5.74) is 6.88. The molecule has 1 aromatic rings. The highest BCUT2D eigenvalue weighted by atomic mass is 16.3. The van der Waals surface area contributed by atoms with Crippen molar-refractivity contribution in [2.45, 2.75) is 32.8 Å². The summed E-state index contributed by atoms with van der Waals surface area (Å²) < 4.78 is 0. The number of hydrogen-bond acceptors (Lipinski definition) is 4. The van der Waals surface area contributed by atoms with E-state index in [0.717, 1.165) is 12.8 Å². The van der Waals surface area contributed by atoms with E-state index in [0.29, 0.717) is 24.3 Å². The number of hydrogen-bond donors (Lipinski definition) is 3. The molecule has 1 aliphatic heterocycles. The second-order valence-electron chi connectivity index (χ2n) is 4.98. The van der Waals surface area contributed by atoms with Gasteiger partial charge in [0.15, 0.2) is 5.82 Å². The minimum absolute atomic E-state index is 0.0669. The number of likely N-dealkylation sites (tertiary alicyclic amines) is 1. The van der Waals surface area contributed by atoms with Crippen molar-refractivity contribution in [1.29, 1.82) is 0 Å². The molecule has 1 atom stereocenters. The van der Waals surface area contributed by atoms with Gasteiger partial charge in [-0.15, -0.1) is 0 Å². The summed E-state index contributed by atoms with van der Waals surface area (Å²) >= 11 is 0. The molecule has 18 heavy (non-hydrogen) atoms. The van der Waals surface area contributed by atoms with Crippen molar-refractivity contribution >= 4 is 11.7 Å². The number of aliphatic hydroxyl groups is 1. The predicted octanol–water partition coefficient (Wildman–Crippen LogP) is 0.533. The Balaban J connectivity index is 2.04. The number of aromatic amines is 1. The number of rotatable bonds is 2. The number of nitrogens with zero attached hydrogens (tertiary/aromatic N) is 2. The van der Waals surface area contributed by atoms with E-state index >= 15 is 0 Å². The van der Waals surface area contributed by atoms with Gasteiger partial charge in [-0.05, 0) is 32.6 Å². The van der Waals surface area contributed by atoms with Crippen LogP contribution in [0.3, 0.4) is 0 Å². The molecule has 1 unspecified atom stereocenters. The Morgan fingerprint density at radius 1 is 1.56 bits per heavy atom. The van der Waals surface area contributed by atoms with Crippen LogP contribution in [0.4, 0.5) is 5.82 Å². The zero-order chi connectivity index (χ0) is 13.3. The van der Waals surface area contributed by atoms with Crippen LogP contribution in [0.1, 0.15) is 35.8 Å². The molecule has 0 saturated carbocycles. The van der Waals surface area contributed by atoms with Gasteiger partial charge in [-0.25, -0.2) is 0 Å². The number of aliphatic hydroxyl groups excluding tert-OH is 1. The van der Waals surface area contributed by atoms with Crippen molar-refractivity contribution in [2.75, 3.05) is 18.8 Å². The summed E-state index contributed by atoms with van der Waals surface area (Å²) in [6.07, 6.45) is 1.36. The number of carbonyl (C=O) groups is 1. The van der Waals surface area contributed by atoms with Crippen LogP contribution in [0.2, 0.25) is 0 Å². The number of nitrogens with two attached hydrogens (primary N) is 1. The van der Waals surface area contributed by atoms with E-state index in [1.54, 1.807) is 18.7 Å². The molecular weight excluding hydrogens is 232 g/mol. The van der Waals surface area contributed by atoms with E-state index in [4.69, 9.17) is 5.73 Å². The van der Waals surface area contributed by atoms with Gasteiger partial charge in [0, 0.05) is 18.8 Å². The fourth-order valence-electron chi connectivity index (χ4n) is 2.46. The number of aromatic nitrogens is 2. The van der Waals surface area contributed by atoms with E-state index < -0.39 is 0 Å². The van der Waals surface area contributed by atoms with Crippen LogP contribution >= 0.6 is 0 Å². The summed E-state index contributed by atoms with van der Waals surface area (Å²) in [6, 6.07) is 0. The zero-order valence-corrected chi connectivity index (χ0v) is 10.8. The lowest BCUT2D eigenvalue weighted by molar-refractivity contribution is 0.0521. The molecule has 2 heterocycles. The minimum Gasteiger partial charge on any atom is -0.393 e. The third kappa shape index (κ3) is 2.33. The molecule has 0 spiro atoms. The van der Waals surface area contributed by atoms with Gasteiger partial charge >= 0.3 is 0 Å². The van der Waals surface area contributed by atoms with E-state index in [9.17, 15) is 9.90 Å². The van der Waals surface area contributed by atoms with Gasteiger partial charge in [-0.2, -0.15) is 5.10 Å². The topological polar surface area (TPSA) is 95.2 Å². The van der Waals surface area contributed by atoms with E-state index in [1.165, 1.54) is 0 Å². The van der Waals surface area contributed by atoms with E-state index in [-0.39, 0.29) is 23.7 Å². The number of nitrogens with one attached hydrogen (secondary N) is 1. The van der Waals surface area contributed by atoms with E-state index in [2.05, 4.69) is 10.2 Å². The molecule has 2 rings (SSSR count). The van der Waals surface area contributed by atoms with Crippen LogP contribution in [0.15, 0.2) is 0 Å². The molecule has 6 heteroatoms. The molecule has 6 nitrogen and oxygen atoms in total. The third-order valence-corrected chi connectivity index (χ3v) is 3.70. The zero-order valence-electron chi connectivity index (χ0n) is 10.8. The van der Waals surface area contributed by atoms with Gasteiger partial charge < -0.3 is 15.7 Å². The SMILES string of the molecule is Cc1[nH]nc(N)c1C(=O)N1CCC(C(C)O)CC1. The largest absolute Gasteiger partial charge is 0.393 e. The Bertz CT molecular complexity index is 414. The van der Waals surface area contributed by atoms with Gasteiger partial charge in [-0.3, -0.25) is 9.89 Å². The van der Waals surface area contributed by atoms with Crippen LogP contribution in [-0.4, -0.2) is 45.3 Å². The Kier molecular flexibility index (Phi) is 3.56.